The zero-order valence-electron chi connectivity index (χ0n) is 29.1. The molecular weight excluding hydrogens is 629 g/mol. The Balaban J connectivity index is 1.16. The first-order valence-electron chi connectivity index (χ1n) is 18.2. The monoisotopic (exact) mass is 662 g/mol. The average molecular weight is 663 g/mol. The molecule has 1 nitrogen and oxygen atoms in total. The number of hydrogen-bond donors (Lipinski definition) is 0. The van der Waals surface area contributed by atoms with Crippen LogP contribution in [0, 0.1) is 0 Å². The van der Waals surface area contributed by atoms with Crippen molar-refractivity contribution < 1.29 is 4.42 Å². The van der Waals surface area contributed by atoms with E-state index in [9.17, 15) is 0 Å². The third-order valence-corrected chi connectivity index (χ3v) is 11.6. The number of furan rings is 1. The number of rotatable bonds is 3. The summed E-state index contributed by atoms with van der Waals surface area (Å²) in [5.74, 6) is 0. The Hall–Kier alpha value is -6.44. The summed E-state index contributed by atoms with van der Waals surface area (Å²) in [7, 11) is 0. The summed E-state index contributed by atoms with van der Waals surface area (Å²) in [6, 6.07) is 62.3. The van der Waals surface area contributed by atoms with Gasteiger partial charge in [0.2, 0.25) is 0 Å². The molecule has 244 valence electrons. The van der Waals surface area contributed by atoms with Gasteiger partial charge in [-0.15, -0.1) is 0 Å². The van der Waals surface area contributed by atoms with Crippen LogP contribution in [-0.2, 0) is 5.41 Å². The second-order valence-electron chi connectivity index (χ2n) is 14.8. The average Bonchev–Trinajstić information content (AvgIpc) is 3.68. The molecule has 1 aromatic heterocycles. The highest BCUT2D eigenvalue weighted by Gasteiger charge is 2.39. The molecule has 11 rings (SSSR count). The fraction of sp³-hybridized carbons (Fsp3) is 0.0588. The summed E-state index contributed by atoms with van der Waals surface area (Å²) in [6.45, 7) is 4.75. The van der Waals surface area contributed by atoms with Crippen LogP contribution in [0.1, 0.15) is 25.0 Å². The lowest BCUT2D eigenvalue weighted by Gasteiger charge is -2.25. The van der Waals surface area contributed by atoms with E-state index >= 15 is 0 Å². The van der Waals surface area contributed by atoms with Crippen molar-refractivity contribution in [1.82, 2.24) is 0 Å². The Morgan fingerprint density at radius 2 is 0.904 bits per heavy atom. The highest BCUT2D eigenvalue weighted by atomic mass is 16.3. The molecule has 10 aromatic rings. The van der Waals surface area contributed by atoms with Gasteiger partial charge in [0.1, 0.15) is 11.2 Å². The van der Waals surface area contributed by atoms with E-state index in [-0.39, 0.29) is 5.41 Å². The SMILES string of the molecule is CC1(C)c2ccccc2-c2cc3oc4ccccc4c3c(-c3ccc(-c4c5ccccc5c(-c5ccc6ccccc6c5)c5ccccc45)cc3)c21. The van der Waals surface area contributed by atoms with Crippen LogP contribution in [0.25, 0.3) is 98.8 Å². The topological polar surface area (TPSA) is 13.1 Å². The predicted octanol–water partition coefficient (Wildman–Crippen LogP) is 14.4. The van der Waals surface area contributed by atoms with E-state index in [4.69, 9.17) is 4.42 Å². The summed E-state index contributed by atoms with van der Waals surface area (Å²) in [6.07, 6.45) is 0. The van der Waals surface area contributed by atoms with Crippen LogP contribution in [0.5, 0.6) is 0 Å². The molecule has 52 heavy (non-hydrogen) atoms. The molecule has 0 N–H and O–H groups in total. The second-order valence-corrected chi connectivity index (χ2v) is 14.8. The fourth-order valence-electron chi connectivity index (χ4n) is 9.33. The molecule has 1 aliphatic carbocycles. The summed E-state index contributed by atoms with van der Waals surface area (Å²) < 4.78 is 6.58. The van der Waals surface area contributed by atoms with E-state index in [1.165, 1.54) is 93.3 Å². The van der Waals surface area contributed by atoms with Gasteiger partial charge in [0.15, 0.2) is 0 Å². The molecule has 0 amide bonds. The Kier molecular flexibility index (Phi) is 6.08. The largest absolute Gasteiger partial charge is 0.456 e. The first-order valence-corrected chi connectivity index (χ1v) is 18.2. The quantitative estimate of drug-likeness (QED) is 0.172. The number of hydrogen-bond acceptors (Lipinski definition) is 1. The minimum Gasteiger partial charge on any atom is -0.456 e. The van der Waals surface area contributed by atoms with Crippen LogP contribution in [0.2, 0.25) is 0 Å². The van der Waals surface area contributed by atoms with Crippen molar-refractivity contribution in [3.8, 4) is 44.5 Å². The van der Waals surface area contributed by atoms with Gasteiger partial charge in [-0.1, -0.05) is 166 Å². The van der Waals surface area contributed by atoms with Crippen LogP contribution in [0.15, 0.2) is 174 Å². The third kappa shape index (κ3) is 4.05. The van der Waals surface area contributed by atoms with Gasteiger partial charge in [-0.2, -0.15) is 0 Å². The molecule has 0 saturated carbocycles. The molecule has 0 radical (unpaired) electrons. The Bertz CT molecular complexity index is 3030. The van der Waals surface area contributed by atoms with Crippen LogP contribution in [0.4, 0.5) is 0 Å². The van der Waals surface area contributed by atoms with Crippen molar-refractivity contribution in [2.75, 3.05) is 0 Å². The smallest absolute Gasteiger partial charge is 0.136 e. The van der Waals surface area contributed by atoms with Gasteiger partial charge in [-0.3, -0.25) is 0 Å². The molecule has 9 aromatic carbocycles. The molecule has 1 heterocycles. The van der Waals surface area contributed by atoms with Gasteiger partial charge < -0.3 is 4.42 Å². The summed E-state index contributed by atoms with van der Waals surface area (Å²) in [4.78, 5) is 0. The lowest BCUT2D eigenvalue weighted by Crippen LogP contribution is -2.16. The number of benzene rings is 9. The molecule has 0 fully saturated rings. The summed E-state index contributed by atoms with van der Waals surface area (Å²) in [5, 5.41) is 9.92. The molecule has 1 heteroatoms. The van der Waals surface area contributed by atoms with Gasteiger partial charge in [-0.25, -0.2) is 0 Å². The van der Waals surface area contributed by atoms with E-state index < -0.39 is 0 Å². The maximum absolute atomic E-state index is 6.58. The summed E-state index contributed by atoms with van der Waals surface area (Å²) >= 11 is 0. The molecule has 0 saturated heterocycles. The van der Waals surface area contributed by atoms with E-state index in [0.29, 0.717) is 0 Å². The number of fused-ring (bicyclic) bond motifs is 9. The lowest BCUT2D eigenvalue weighted by molar-refractivity contribution is 0.659. The Morgan fingerprint density at radius 1 is 0.385 bits per heavy atom. The highest BCUT2D eigenvalue weighted by molar-refractivity contribution is 6.22. The minimum absolute atomic E-state index is 0.169. The second kappa shape index (κ2) is 10.8. The maximum Gasteiger partial charge on any atom is 0.136 e. The van der Waals surface area contributed by atoms with Crippen molar-refractivity contribution in [3.05, 3.63) is 181 Å². The maximum atomic E-state index is 6.58. The zero-order chi connectivity index (χ0) is 34.6. The van der Waals surface area contributed by atoms with Crippen LogP contribution in [0.3, 0.4) is 0 Å². The zero-order valence-corrected chi connectivity index (χ0v) is 29.1. The van der Waals surface area contributed by atoms with E-state index in [0.717, 1.165) is 16.6 Å². The highest BCUT2D eigenvalue weighted by Crippen LogP contribution is 2.56. The molecule has 0 atom stereocenters. The van der Waals surface area contributed by atoms with Crippen molar-refractivity contribution >= 4 is 54.3 Å². The molecule has 0 aliphatic heterocycles. The van der Waals surface area contributed by atoms with Crippen molar-refractivity contribution in [2.45, 2.75) is 19.3 Å². The van der Waals surface area contributed by atoms with Crippen LogP contribution in [-0.4, -0.2) is 0 Å². The van der Waals surface area contributed by atoms with Gasteiger partial charge in [0, 0.05) is 16.2 Å². The summed E-state index contributed by atoms with van der Waals surface area (Å²) in [5.41, 5.74) is 14.5. The predicted molar refractivity (Wildman–Crippen MR) is 220 cm³/mol. The fourth-order valence-corrected chi connectivity index (χ4v) is 9.33. The Morgan fingerprint density at radius 3 is 1.60 bits per heavy atom. The van der Waals surface area contributed by atoms with E-state index in [2.05, 4.69) is 184 Å². The van der Waals surface area contributed by atoms with E-state index in [1.807, 2.05) is 0 Å². The molecule has 0 bridgehead atoms. The Labute approximate surface area is 302 Å². The molecule has 1 aliphatic rings. The molecular formula is C51H34O. The third-order valence-electron chi connectivity index (χ3n) is 11.6. The first-order chi connectivity index (χ1) is 25.6. The standard InChI is InChI=1S/C51H34O/c1-51(2)43-21-11-9-15-36(43)42-30-45-49(41-20-10-12-22-44(41)52-45)48(50(42)51)33-26-24-32(25-27-33)46-37-16-5-7-18-39(37)47(40-19-8-6-17-38(40)46)35-28-23-31-13-3-4-14-34(31)29-35/h3-30H,1-2H3. The van der Waals surface area contributed by atoms with Gasteiger partial charge >= 0.3 is 0 Å². The number of para-hydroxylation sites is 1. The van der Waals surface area contributed by atoms with Crippen LogP contribution < -0.4 is 0 Å². The first kappa shape index (κ1) is 29.3. The normalized spacial score (nSPS) is 13.3. The van der Waals surface area contributed by atoms with Gasteiger partial charge in [-0.05, 0) is 106 Å². The lowest BCUT2D eigenvalue weighted by atomic mass is 9.77. The van der Waals surface area contributed by atoms with E-state index in [1.54, 1.807) is 0 Å². The molecule has 0 unspecified atom stereocenters. The van der Waals surface area contributed by atoms with Crippen LogP contribution >= 0.6 is 0 Å². The van der Waals surface area contributed by atoms with Crippen molar-refractivity contribution in [2.24, 2.45) is 0 Å². The van der Waals surface area contributed by atoms with Crippen molar-refractivity contribution in [3.63, 3.8) is 0 Å². The van der Waals surface area contributed by atoms with Gasteiger partial charge in [0.05, 0.1) is 0 Å². The molecule has 0 spiro atoms. The van der Waals surface area contributed by atoms with Crippen molar-refractivity contribution in [1.29, 1.82) is 0 Å². The van der Waals surface area contributed by atoms with Gasteiger partial charge in [0.25, 0.3) is 0 Å². The minimum atomic E-state index is -0.169.